The highest BCUT2D eigenvalue weighted by molar-refractivity contribution is 5.95. The topological polar surface area (TPSA) is 97.8 Å². The molecule has 1 aliphatic carbocycles. The highest BCUT2D eigenvalue weighted by Crippen LogP contribution is 2.33. The molecule has 0 radical (unpaired) electrons. The van der Waals surface area contributed by atoms with Crippen molar-refractivity contribution in [2.24, 2.45) is 13.0 Å². The molecule has 204 valence electrons. The lowest BCUT2D eigenvalue weighted by atomic mass is 9.87. The van der Waals surface area contributed by atoms with Crippen molar-refractivity contribution in [3.8, 4) is 11.5 Å². The van der Waals surface area contributed by atoms with E-state index in [4.69, 9.17) is 9.15 Å². The Morgan fingerprint density at radius 1 is 1.15 bits per heavy atom. The monoisotopic (exact) mass is 533 g/mol. The molecule has 1 saturated carbocycles. The SMILES string of the molecule is Cn1cc(-c2nc3ccc(CC(=O)N4C[C@@H](F)C[C@H]4CO[C@H]4CC[C@H](C(=O)O)CC4)cc3o2)c2ccccc21. The van der Waals surface area contributed by atoms with Gasteiger partial charge in [-0.2, -0.15) is 0 Å². The maximum absolute atomic E-state index is 14.4. The largest absolute Gasteiger partial charge is 0.481 e. The van der Waals surface area contributed by atoms with Gasteiger partial charge in [-0.15, -0.1) is 0 Å². The summed E-state index contributed by atoms with van der Waals surface area (Å²) in [5.74, 6) is -0.685. The molecule has 1 N–H and O–H groups in total. The van der Waals surface area contributed by atoms with Crippen molar-refractivity contribution in [2.75, 3.05) is 13.2 Å². The first kappa shape index (κ1) is 25.6. The number of carboxylic acid groups (broad SMARTS) is 1. The fraction of sp³-hybridized carbons (Fsp3) is 0.433. The van der Waals surface area contributed by atoms with Crippen LogP contribution in [-0.4, -0.2) is 62.9 Å². The quantitative estimate of drug-likeness (QED) is 0.354. The van der Waals surface area contributed by atoms with Gasteiger partial charge in [-0.3, -0.25) is 9.59 Å². The standard InChI is InChI=1S/C30H32FN3O5/c1-33-16-24(23-4-2-3-5-26(23)33)29-32-25-11-6-18(12-27(25)39-29)13-28(35)34-15-20(31)14-21(34)17-38-22-9-7-19(8-10-22)30(36)37/h2-6,11-12,16,19-22H,7-10,13-15,17H2,1H3,(H,36,37)/t19-,20-,21-,22-/m0/s1. The average Bonchev–Trinajstić information content (AvgIpc) is 3.62. The van der Waals surface area contributed by atoms with E-state index in [1.807, 2.05) is 60.3 Å². The Bertz CT molecular complexity index is 1520. The van der Waals surface area contributed by atoms with Gasteiger partial charge in [0.05, 0.1) is 43.2 Å². The second-order valence-electron chi connectivity index (χ2n) is 10.8. The zero-order valence-electron chi connectivity index (χ0n) is 21.9. The second-order valence-corrected chi connectivity index (χ2v) is 10.8. The minimum atomic E-state index is -1.08. The molecule has 1 aliphatic heterocycles. The van der Waals surface area contributed by atoms with Gasteiger partial charge in [-0.25, -0.2) is 9.37 Å². The van der Waals surface area contributed by atoms with Crippen LogP contribution in [0.5, 0.6) is 0 Å². The Kier molecular flexibility index (Phi) is 6.85. The first-order valence-electron chi connectivity index (χ1n) is 13.6. The maximum Gasteiger partial charge on any atom is 0.306 e. The van der Waals surface area contributed by atoms with Crippen LogP contribution in [0.2, 0.25) is 0 Å². The van der Waals surface area contributed by atoms with Crippen molar-refractivity contribution >= 4 is 33.9 Å². The zero-order valence-corrected chi connectivity index (χ0v) is 21.9. The normalized spacial score (nSPS) is 23.6. The Balaban J connectivity index is 1.12. The summed E-state index contributed by atoms with van der Waals surface area (Å²) < 4.78 is 28.6. The number of carbonyl (C=O) groups excluding carboxylic acids is 1. The lowest BCUT2D eigenvalue weighted by Crippen LogP contribution is -2.40. The number of halogens is 1. The predicted molar refractivity (Wildman–Crippen MR) is 144 cm³/mol. The van der Waals surface area contributed by atoms with Crippen molar-refractivity contribution in [2.45, 2.75) is 56.8 Å². The van der Waals surface area contributed by atoms with E-state index in [1.165, 1.54) is 0 Å². The van der Waals surface area contributed by atoms with Crippen LogP contribution in [0.4, 0.5) is 4.39 Å². The molecule has 0 bridgehead atoms. The van der Waals surface area contributed by atoms with Gasteiger partial charge in [-0.1, -0.05) is 24.3 Å². The number of carboxylic acids is 1. The summed E-state index contributed by atoms with van der Waals surface area (Å²) in [6.45, 7) is 0.332. The number of amides is 1. The lowest BCUT2D eigenvalue weighted by Gasteiger charge is -2.29. The van der Waals surface area contributed by atoms with Crippen LogP contribution < -0.4 is 0 Å². The predicted octanol–water partition coefficient (Wildman–Crippen LogP) is 5.13. The molecule has 2 aromatic heterocycles. The van der Waals surface area contributed by atoms with Crippen LogP contribution in [0.1, 0.15) is 37.7 Å². The van der Waals surface area contributed by atoms with E-state index in [1.54, 1.807) is 4.90 Å². The van der Waals surface area contributed by atoms with Crippen molar-refractivity contribution in [3.05, 3.63) is 54.2 Å². The van der Waals surface area contributed by atoms with Gasteiger partial charge in [-0.05, 0) is 49.4 Å². The Hall–Kier alpha value is -3.72. The molecular formula is C30H32FN3O5. The molecule has 1 saturated heterocycles. The summed E-state index contributed by atoms with van der Waals surface area (Å²) in [7, 11) is 1.99. The number of ether oxygens (including phenoxy) is 1. The highest BCUT2D eigenvalue weighted by Gasteiger charge is 2.36. The number of carbonyl (C=O) groups is 2. The molecule has 4 aromatic rings. The summed E-state index contributed by atoms with van der Waals surface area (Å²) >= 11 is 0. The Labute approximate surface area is 225 Å². The van der Waals surface area contributed by atoms with Gasteiger partial charge >= 0.3 is 5.97 Å². The lowest BCUT2D eigenvalue weighted by molar-refractivity contribution is -0.144. The number of rotatable bonds is 7. The number of aromatic nitrogens is 2. The molecule has 2 atom stereocenters. The number of nitrogens with zero attached hydrogens (tertiary/aromatic N) is 3. The van der Waals surface area contributed by atoms with E-state index >= 15 is 0 Å². The fourth-order valence-corrected chi connectivity index (χ4v) is 6.03. The summed E-state index contributed by atoms with van der Waals surface area (Å²) in [4.78, 5) is 30.7. The number of para-hydroxylation sites is 1. The molecule has 2 aliphatic rings. The number of alkyl halides is 1. The van der Waals surface area contributed by atoms with Crippen LogP contribution in [0.15, 0.2) is 53.1 Å². The van der Waals surface area contributed by atoms with Crippen molar-refractivity contribution in [3.63, 3.8) is 0 Å². The molecule has 8 nitrogen and oxygen atoms in total. The maximum atomic E-state index is 14.4. The molecule has 0 unspecified atom stereocenters. The molecule has 39 heavy (non-hydrogen) atoms. The van der Waals surface area contributed by atoms with E-state index in [-0.39, 0.29) is 50.0 Å². The van der Waals surface area contributed by atoms with Crippen LogP contribution in [0, 0.1) is 5.92 Å². The molecule has 2 aromatic carbocycles. The third-order valence-electron chi connectivity index (χ3n) is 8.17. The van der Waals surface area contributed by atoms with Crippen LogP contribution in [0.25, 0.3) is 33.5 Å². The van der Waals surface area contributed by atoms with Gasteiger partial charge in [0.25, 0.3) is 0 Å². The third kappa shape index (κ3) is 5.15. The molecule has 9 heteroatoms. The number of oxazole rings is 1. The molecule has 1 amide bonds. The minimum absolute atomic E-state index is 0.0407. The molecule has 3 heterocycles. The fourth-order valence-electron chi connectivity index (χ4n) is 6.03. The number of likely N-dealkylation sites (tertiary alicyclic amines) is 1. The van der Waals surface area contributed by atoms with Gasteiger partial charge in [0.1, 0.15) is 11.7 Å². The summed E-state index contributed by atoms with van der Waals surface area (Å²) in [6.07, 6.45) is 3.80. The van der Waals surface area contributed by atoms with Gasteiger partial charge < -0.3 is 23.7 Å². The number of aryl methyl sites for hydroxylation is 1. The van der Waals surface area contributed by atoms with E-state index in [0.717, 1.165) is 22.0 Å². The van der Waals surface area contributed by atoms with E-state index in [2.05, 4.69) is 4.98 Å². The van der Waals surface area contributed by atoms with Crippen LogP contribution >= 0.6 is 0 Å². The van der Waals surface area contributed by atoms with Crippen molar-refractivity contribution in [1.82, 2.24) is 14.5 Å². The number of hydrogen-bond donors (Lipinski definition) is 1. The number of benzene rings is 2. The van der Waals surface area contributed by atoms with Gasteiger partial charge in [0.2, 0.25) is 11.8 Å². The van der Waals surface area contributed by atoms with Crippen LogP contribution in [0.3, 0.4) is 0 Å². The van der Waals surface area contributed by atoms with E-state index in [9.17, 15) is 19.1 Å². The molecule has 6 rings (SSSR count). The first-order valence-corrected chi connectivity index (χ1v) is 13.6. The van der Waals surface area contributed by atoms with Crippen molar-refractivity contribution in [1.29, 1.82) is 0 Å². The summed E-state index contributed by atoms with van der Waals surface area (Å²) in [5.41, 5.74) is 4.09. The van der Waals surface area contributed by atoms with Gasteiger partial charge in [0, 0.05) is 30.6 Å². The van der Waals surface area contributed by atoms with Crippen LogP contribution in [-0.2, 0) is 27.8 Å². The zero-order chi connectivity index (χ0) is 27.1. The summed E-state index contributed by atoms with van der Waals surface area (Å²) in [6, 6.07) is 13.3. The van der Waals surface area contributed by atoms with E-state index < -0.39 is 12.1 Å². The summed E-state index contributed by atoms with van der Waals surface area (Å²) in [5, 5.41) is 10.2. The second kappa shape index (κ2) is 10.4. The van der Waals surface area contributed by atoms with Crippen molar-refractivity contribution < 1.29 is 28.2 Å². The molecular weight excluding hydrogens is 501 g/mol. The Morgan fingerprint density at radius 3 is 2.74 bits per heavy atom. The first-order chi connectivity index (χ1) is 18.9. The number of hydrogen-bond acceptors (Lipinski definition) is 5. The smallest absolute Gasteiger partial charge is 0.306 e. The number of fused-ring (bicyclic) bond motifs is 2. The van der Waals surface area contributed by atoms with E-state index in [0.29, 0.717) is 42.7 Å². The Morgan fingerprint density at radius 2 is 1.95 bits per heavy atom. The molecule has 0 spiro atoms. The molecule has 2 fully saturated rings. The third-order valence-corrected chi connectivity index (χ3v) is 8.17. The number of aliphatic carboxylic acids is 1. The highest BCUT2D eigenvalue weighted by atomic mass is 19.1. The van der Waals surface area contributed by atoms with Gasteiger partial charge in [0.15, 0.2) is 5.58 Å². The average molecular weight is 534 g/mol. The minimum Gasteiger partial charge on any atom is -0.481 e.